The van der Waals surface area contributed by atoms with Gasteiger partial charge in [0.1, 0.15) is 12.4 Å². The molecule has 1 N–H and O–H groups in total. The van der Waals surface area contributed by atoms with E-state index in [1.807, 2.05) is 13.1 Å². The van der Waals surface area contributed by atoms with E-state index >= 15 is 0 Å². The Morgan fingerprint density at radius 3 is 2.84 bits per heavy atom. The van der Waals surface area contributed by atoms with Gasteiger partial charge in [0.25, 0.3) is 0 Å². The van der Waals surface area contributed by atoms with Crippen molar-refractivity contribution in [2.24, 2.45) is 0 Å². The number of fused-ring (bicyclic) bond motifs is 1. The van der Waals surface area contributed by atoms with Gasteiger partial charge in [-0.2, -0.15) is 0 Å². The summed E-state index contributed by atoms with van der Waals surface area (Å²) in [5.74, 6) is 0.936. The summed E-state index contributed by atoms with van der Waals surface area (Å²) in [7, 11) is 3.68. The fraction of sp³-hybridized carbons (Fsp3) is 0.600. The van der Waals surface area contributed by atoms with Gasteiger partial charge in [-0.1, -0.05) is 6.07 Å². The Balaban J connectivity index is 1.76. The van der Waals surface area contributed by atoms with Gasteiger partial charge in [0.15, 0.2) is 0 Å². The molecule has 0 fully saturated rings. The van der Waals surface area contributed by atoms with Crippen molar-refractivity contribution in [1.82, 2.24) is 5.32 Å². The normalized spacial score (nSPS) is 17.5. The van der Waals surface area contributed by atoms with Gasteiger partial charge < -0.3 is 19.5 Å². The molecule has 0 amide bonds. The topological polar surface area (TPSA) is 39.7 Å². The molecule has 0 bridgehead atoms. The van der Waals surface area contributed by atoms with E-state index in [0.29, 0.717) is 32.5 Å². The van der Waals surface area contributed by atoms with Crippen LogP contribution in [0, 0.1) is 0 Å². The number of hydrogen-bond donors (Lipinski definition) is 1. The average Bonchev–Trinajstić information content (AvgIpc) is 2.85. The first-order chi connectivity index (χ1) is 9.35. The van der Waals surface area contributed by atoms with Crippen molar-refractivity contribution < 1.29 is 14.2 Å². The Kier molecular flexibility index (Phi) is 5.63. The largest absolute Gasteiger partial charge is 0.491 e. The summed E-state index contributed by atoms with van der Waals surface area (Å²) in [5.41, 5.74) is 2.81. The predicted octanol–water partition coefficient (Wildman–Crippen LogP) is 1.94. The number of rotatable bonds is 8. The van der Waals surface area contributed by atoms with Crippen molar-refractivity contribution in [2.75, 3.05) is 40.6 Å². The molecule has 1 atom stereocenters. The Morgan fingerprint density at radius 2 is 2.05 bits per heavy atom. The van der Waals surface area contributed by atoms with Gasteiger partial charge >= 0.3 is 0 Å². The van der Waals surface area contributed by atoms with Gasteiger partial charge in [0, 0.05) is 13.2 Å². The lowest BCUT2D eigenvalue weighted by Crippen LogP contribution is -2.12. The summed E-state index contributed by atoms with van der Waals surface area (Å²) < 4.78 is 16.0. The first-order valence-electron chi connectivity index (χ1n) is 6.84. The van der Waals surface area contributed by atoms with Crippen molar-refractivity contribution in [1.29, 1.82) is 0 Å². The van der Waals surface area contributed by atoms with Crippen LogP contribution in [0.3, 0.4) is 0 Å². The fourth-order valence-electron chi connectivity index (χ4n) is 2.45. The van der Waals surface area contributed by atoms with E-state index < -0.39 is 0 Å². The van der Waals surface area contributed by atoms with E-state index in [9.17, 15) is 0 Å². The molecule has 1 aliphatic rings. The smallest absolute Gasteiger partial charge is 0.119 e. The summed E-state index contributed by atoms with van der Waals surface area (Å²) in [6, 6.07) is 6.87. The average molecular weight is 265 g/mol. The lowest BCUT2D eigenvalue weighted by molar-refractivity contribution is 0.0544. The lowest BCUT2D eigenvalue weighted by Gasteiger charge is -2.11. The molecular formula is C15H23NO3. The highest BCUT2D eigenvalue weighted by Gasteiger charge is 2.20. The maximum Gasteiger partial charge on any atom is 0.119 e. The molecule has 1 aromatic carbocycles. The minimum atomic E-state index is 0.501. The van der Waals surface area contributed by atoms with E-state index in [-0.39, 0.29) is 0 Å². The molecule has 0 saturated heterocycles. The molecule has 0 heterocycles. The summed E-state index contributed by atoms with van der Waals surface area (Å²) in [4.78, 5) is 0. The van der Waals surface area contributed by atoms with Crippen molar-refractivity contribution in [3.8, 4) is 5.75 Å². The van der Waals surface area contributed by atoms with Crippen LogP contribution in [0.5, 0.6) is 5.75 Å². The number of methoxy groups -OCH3 is 1. The van der Waals surface area contributed by atoms with Crippen molar-refractivity contribution in [3.63, 3.8) is 0 Å². The highest BCUT2D eigenvalue weighted by molar-refractivity contribution is 5.40. The molecule has 2 rings (SSSR count). The van der Waals surface area contributed by atoms with E-state index in [2.05, 4.69) is 17.4 Å². The van der Waals surface area contributed by atoms with Crippen LogP contribution in [0.25, 0.3) is 0 Å². The number of benzene rings is 1. The van der Waals surface area contributed by atoms with Crippen LogP contribution in [-0.2, 0) is 15.9 Å². The van der Waals surface area contributed by atoms with Crippen LogP contribution < -0.4 is 10.1 Å². The second-order valence-electron chi connectivity index (χ2n) is 4.69. The van der Waals surface area contributed by atoms with E-state index in [1.54, 1.807) is 7.11 Å². The van der Waals surface area contributed by atoms with Crippen LogP contribution in [0.15, 0.2) is 18.2 Å². The molecule has 1 aromatic rings. The van der Waals surface area contributed by atoms with Crippen LogP contribution in [0.1, 0.15) is 23.6 Å². The molecule has 4 nitrogen and oxygen atoms in total. The van der Waals surface area contributed by atoms with Crippen LogP contribution in [-0.4, -0.2) is 40.6 Å². The molecule has 0 spiro atoms. The van der Waals surface area contributed by atoms with Crippen LogP contribution in [0.4, 0.5) is 0 Å². The van der Waals surface area contributed by atoms with Gasteiger partial charge in [0.2, 0.25) is 0 Å². The number of nitrogens with one attached hydrogen (secondary N) is 1. The van der Waals surface area contributed by atoms with Crippen molar-refractivity contribution in [3.05, 3.63) is 29.3 Å². The highest BCUT2D eigenvalue weighted by atomic mass is 16.5. The zero-order chi connectivity index (χ0) is 13.5. The quantitative estimate of drug-likeness (QED) is 0.729. The van der Waals surface area contributed by atoms with Gasteiger partial charge in [0.05, 0.1) is 19.8 Å². The molecule has 0 aliphatic heterocycles. The van der Waals surface area contributed by atoms with Gasteiger partial charge in [-0.3, -0.25) is 0 Å². The summed E-state index contributed by atoms with van der Waals surface area (Å²) in [6.45, 7) is 2.43. The third-order valence-electron chi connectivity index (χ3n) is 3.47. The van der Waals surface area contributed by atoms with Crippen LogP contribution in [0.2, 0.25) is 0 Å². The second kappa shape index (κ2) is 7.48. The molecule has 19 heavy (non-hydrogen) atoms. The molecule has 0 saturated carbocycles. The van der Waals surface area contributed by atoms with Crippen molar-refractivity contribution >= 4 is 0 Å². The van der Waals surface area contributed by atoms with Gasteiger partial charge in [-0.25, -0.2) is 0 Å². The molecule has 0 aromatic heterocycles. The zero-order valence-electron chi connectivity index (χ0n) is 11.8. The van der Waals surface area contributed by atoms with Gasteiger partial charge in [-0.15, -0.1) is 0 Å². The highest BCUT2D eigenvalue weighted by Crippen LogP contribution is 2.33. The predicted molar refractivity (Wildman–Crippen MR) is 74.8 cm³/mol. The number of aryl methyl sites for hydroxylation is 1. The summed E-state index contributed by atoms with van der Waals surface area (Å²) in [5, 5.41) is 3.34. The second-order valence-corrected chi connectivity index (χ2v) is 4.69. The van der Waals surface area contributed by atoms with E-state index in [4.69, 9.17) is 14.2 Å². The molecule has 1 aliphatic carbocycles. The minimum Gasteiger partial charge on any atom is -0.491 e. The molecule has 0 radical (unpaired) electrons. The Morgan fingerprint density at radius 1 is 1.21 bits per heavy atom. The molecular weight excluding hydrogens is 242 g/mol. The standard InChI is InChI=1S/C15H23NO3/c1-16-15-6-3-12-11-13(4-5-14(12)15)19-10-9-18-8-7-17-2/h4-5,11,15-16H,3,6-10H2,1-2H3. The third kappa shape index (κ3) is 3.93. The Bertz CT molecular complexity index is 395. The van der Waals surface area contributed by atoms with Gasteiger partial charge in [-0.05, 0) is 43.1 Å². The number of hydrogen-bond acceptors (Lipinski definition) is 4. The minimum absolute atomic E-state index is 0.501. The number of ether oxygens (including phenoxy) is 3. The summed E-state index contributed by atoms with van der Waals surface area (Å²) in [6.07, 6.45) is 2.30. The zero-order valence-corrected chi connectivity index (χ0v) is 11.8. The lowest BCUT2D eigenvalue weighted by atomic mass is 10.1. The first-order valence-corrected chi connectivity index (χ1v) is 6.84. The van der Waals surface area contributed by atoms with E-state index in [0.717, 1.165) is 12.2 Å². The van der Waals surface area contributed by atoms with E-state index in [1.165, 1.54) is 17.5 Å². The Labute approximate surface area is 115 Å². The van der Waals surface area contributed by atoms with Crippen LogP contribution >= 0.6 is 0 Å². The SMILES string of the molecule is CNC1CCc2cc(OCCOCCOC)ccc21. The maximum absolute atomic E-state index is 5.69. The molecule has 106 valence electrons. The third-order valence-corrected chi connectivity index (χ3v) is 3.47. The van der Waals surface area contributed by atoms with Crippen molar-refractivity contribution in [2.45, 2.75) is 18.9 Å². The molecule has 1 unspecified atom stereocenters. The first kappa shape index (κ1) is 14.3. The maximum atomic E-state index is 5.69. The summed E-state index contributed by atoms with van der Waals surface area (Å²) >= 11 is 0. The Hall–Kier alpha value is -1.10. The monoisotopic (exact) mass is 265 g/mol. The molecule has 4 heteroatoms. The fourth-order valence-corrected chi connectivity index (χ4v) is 2.45.